The molecule has 0 saturated heterocycles. The first kappa shape index (κ1) is 20.3. The Labute approximate surface area is 164 Å². The van der Waals surface area contributed by atoms with Crippen molar-refractivity contribution in [3.63, 3.8) is 0 Å². The number of ether oxygens (including phenoxy) is 2. The Balaban J connectivity index is 2.28. The number of aryl methyl sites for hydroxylation is 1. The predicted octanol–water partition coefficient (Wildman–Crippen LogP) is 4.99. The molecule has 2 aromatic carbocycles. The van der Waals surface area contributed by atoms with E-state index < -0.39 is 5.91 Å². The number of carbonyl (C=O) groups is 1. The van der Waals surface area contributed by atoms with Gasteiger partial charge in [0.2, 0.25) is 0 Å². The van der Waals surface area contributed by atoms with Gasteiger partial charge in [0, 0.05) is 5.69 Å². The molecule has 0 saturated carbocycles. The van der Waals surface area contributed by atoms with E-state index in [1.807, 2.05) is 32.0 Å². The Morgan fingerprint density at radius 3 is 2.59 bits per heavy atom. The minimum absolute atomic E-state index is 0.0454. The van der Waals surface area contributed by atoms with Crippen LogP contribution in [0, 0.1) is 18.3 Å². The average Bonchev–Trinajstić information content (AvgIpc) is 2.66. The highest BCUT2D eigenvalue weighted by molar-refractivity contribution is 6.32. The van der Waals surface area contributed by atoms with Gasteiger partial charge in [0.25, 0.3) is 5.91 Å². The number of hydrogen-bond donors (Lipinski definition) is 1. The van der Waals surface area contributed by atoms with E-state index in [1.165, 1.54) is 13.2 Å². The first-order valence-electron chi connectivity index (χ1n) is 8.48. The molecule has 0 aliphatic carbocycles. The van der Waals surface area contributed by atoms with E-state index in [4.69, 9.17) is 21.1 Å². The van der Waals surface area contributed by atoms with Crippen LogP contribution < -0.4 is 14.8 Å². The highest BCUT2D eigenvalue weighted by atomic mass is 35.5. The summed E-state index contributed by atoms with van der Waals surface area (Å²) < 4.78 is 10.9. The number of nitrogens with zero attached hydrogens (tertiary/aromatic N) is 1. The normalized spacial score (nSPS) is 10.9. The van der Waals surface area contributed by atoms with Crippen LogP contribution in [0.3, 0.4) is 0 Å². The summed E-state index contributed by atoms with van der Waals surface area (Å²) in [7, 11) is 1.51. The van der Waals surface area contributed by atoms with Gasteiger partial charge in [-0.05, 0) is 49.2 Å². The number of benzene rings is 2. The zero-order valence-electron chi connectivity index (χ0n) is 15.5. The Hall–Kier alpha value is -2.97. The van der Waals surface area contributed by atoms with Crippen LogP contribution in [0.25, 0.3) is 6.08 Å². The third-order valence-electron chi connectivity index (χ3n) is 3.69. The molecule has 2 aromatic rings. The molecular weight excluding hydrogens is 364 g/mol. The molecule has 27 heavy (non-hydrogen) atoms. The van der Waals surface area contributed by atoms with Crippen LogP contribution >= 0.6 is 11.6 Å². The van der Waals surface area contributed by atoms with Crippen LogP contribution in [-0.4, -0.2) is 19.6 Å². The lowest BCUT2D eigenvalue weighted by Crippen LogP contribution is -2.13. The van der Waals surface area contributed by atoms with Crippen molar-refractivity contribution in [3.8, 4) is 17.6 Å². The van der Waals surface area contributed by atoms with E-state index in [0.717, 1.165) is 12.0 Å². The zero-order valence-corrected chi connectivity index (χ0v) is 16.3. The number of nitriles is 1. The summed E-state index contributed by atoms with van der Waals surface area (Å²) >= 11 is 6.28. The summed E-state index contributed by atoms with van der Waals surface area (Å²) in [4.78, 5) is 12.4. The van der Waals surface area contributed by atoms with E-state index >= 15 is 0 Å². The Kier molecular flexibility index (Phi) is 7.27. The number of rotatable bonds is 7. The van der Waals surface area contributed by atoms with Gasteiger partial charge in [-0.2, -0.15) is 5.26 Å². The van der Waals surface area contributed by atoms with Gasteiger partial charge in [-0.3, -0.25) is 4.79 Å². The maximum Gasteiger partial charge on any atom is 0.266 e. The average molecular weight is 385 g/mol. The van der Waals surface area contributed by atoms with Crippen molar-refractivity contribution >= 4 is 29.3 Å². The van der Waals surface area contributed by atoms with Gasteiger partial charge >= 0.3 is 0 Å². The zero-order chi connectivity index (χ0) is 19.8. The van der Waals surface area contributed by atoms with Crippen molar-refractivity contribution in [2.45, 2.75) is 20.3 Å². The number of carbonyl (C=O) groups excluding carboxylic acids is 1. The molecule has 0 unspecified atom stereocenters. The van der Waals surface area contributed by atoms with E-state index in [1.54, 1.807) is 24.3 Å². The van der Waals surface area contributed by atoms with Crippen molar-refractivity contribution < 1.29 is 14.3 Å². The molecule has 2 rings (SSSR count). The maximum absolute atomic E-state index is 12.4. The van der Waals surface area contributed by atoms with Crippen molar-refractivity contribution in [3.05, 3.63) is 58.1 Å². The molecule has 0 radical (unpaired) electrons. The van der Waals surface area contributed by atoms with Crippen LogP contribution in [0.4, 0.5) is 5.69 Å². The second kappa shape index (κ2) is 9.65. The second-order valence-corrected chi connectivity index (χ2v) is 6.28. The third-order valence-corrected chi connectivity index (χ3v) is 3.97. The number of nitrogens with one attached hydrogen (secondary N) is 1. The molecule has 0 spiro atoms. The smallest absolute Gasteiger partial charge is 0.266 e. The van der Waals surface area contributed by atoms with Crippen molar-refractivity contribution in [2.75, 3.05) is 19.0 Å². The van der Waals surface area contributed by atoms with Crippen LogP contribution in [0.2, 0.25) is 5.02 Å². The van der Waals surface area contributed by atoms with Gasteiger partial charge < -0.3 is 14.8 Å². The van der Waals surface area contributed by atoms with E-state index in [-0.39, 0.29) is 5.57 Å². The Morgan fingerprint density at radius 1 is 1.30 bits per heavy atom. The van der Waals surface area contributed by atoms with Crippen LogP contribution in [0.5, 0.6) is 11.5 Å². The number of methoxy groups -OCH3 is 1. The first-order chi connectivity index (χ1) is 13.0. The van der Waals surface area contributed by atoms with Crippen LogP contribution in [0.15, 0.2) is 42.0 Å². The summed E-state index contributed by atoms with van der Waals surface area (Å²) in [5.74, 6) is 0.391. The lowest BCUT2D eigenvalue weighted by atomic mass is 10.1. The number of halogens is 1. The van der Waals surface area contributed by atoms with Crippen molar-refractivity contribution in [2.24, 2.45) is 0 Å². The van der Waals surface area contributed by atoms with Gasteiger partial charge in [0.15, 0.2) is 11.5 Å². The van der Waals surface area contributed by atoms with Gasteiger partial charge in [0.1, 0.15) is 11.6 Å². The minimum atomic E-state index is -0.497. The highest BCUT2D eigenvalue weighted by Gasteiger charge is 2.14. The third kappa shape index (κ3) is 5.50. The summed E-state index contributed by atoms with van der Waals surface area (Å²) in [5.41, 5.74) is 2.22. The minimum Gasteiger partial charge on any atom is -0.493 e. The molecule has 0 bridgehead atoms. The van der Waals surface area contributed by atoms with Crippen molar-refractivity contribution in [1.82, 2.24) is 0 Å². The summed E-state index contributed by atoms with van der Waals surface area (Å²) in [6.45, 7) is 4.45. The molecular formula is C21H21ClN2O3. The number of amides is 1. The van der Waals surface area contributed by atoms with Gasteiger partial charge in [-0.25, -0.2) is 0 Å². The largest absolute Gasteiger partial charge is 0.493 e. The predicted molar refractivity (Wildman–Crippen MR) is 107 cm³/mol. The molecule has 5 nitrogen and oxygen atoms in total. The fourth-order valence-electron chi connectivity index (χ4n) is 2.32. The molecule has 1 N–H and O–H groups in total. The second-order valence-electron chi connectivity index (χ2n) is 5.87. The van der Waals surface area contributed by atoms with Crippen LogP contribution in [-0.2, 0) is 4.79 Å². The molecule has 6 heteroatoms. The fraction of sp³-hybridized carbons (Fsp3) is 0.238. The standard InChI is InChI=1S/C21H21ClN2O3/c1-4-9-27-20-18(22)11-15(12-19(20)26-3)10-16(13-23)21(25)24-17-7-5-14(2)6-8-17/h5-8,10-12H,4,9H2,1-3H3,(H,24,25)/b16-10+. The van der Waals surface area contributed by atoms with E-state index in [2.05, 4.69) is 5.32 Å². The molecule has 0 atom stereocenters. The maximum atomic E-state index is 12.4. The molecule has 0 aliphatic rings. The van der Waals surface area contributed by atoms with Gasteiger partial charge in [-0.15, -0.1) is 0 Å². The summed E-state index contributed by atoms with van der Waals surface area (Å²) in [6.07, 6.45) is 2.29. The summed E-state index contributed by atoms with van der Waals surface area (Å²) in [6, 6.07) is 12.5. The number of hydrogen-bond acceptors (Lipinski definition) is 4. The Bertz CT molecular complexity index is 884. The number of anilines is 1. The van der Waals surface area contributed by atoms with Crippen LogP contribution in [0.1, 0.15) is 24.5 Å². The molecule has 1 amide bonds. The quantitative estimate of drug-likeness (QED) is 0.539. The van der Waals surface area contributed by atoms with Gasteiger partial charge in [0.05, 0.1) is 18.7 Å². The Morgan fingerprint density at radius 2 is 2.00 bits per heavy atom. The molecule has 0 aliphatic heterocycles. The fourth-order valence-corrected chi connectivity index (χ4v) is 2.59. The molecule has 0 heterocycles. The molecule has 0 fully saturated rings. The lowest BCUT2D eigenvalue weighted by Gasteiger charge is -2.13. The SMILES string of the molecule is CCCOc1c(Cl)cc(/C=C(\C#N)C(=O)Nc2ccc(C)cc2)cc1OC. The topological polar surface area (TPSA) is 71.3 Å². The highest BCUT2D eigenvalue weighted by Crippen LogP contribution is 2.37. The molecule has 0 aromatic heterocycles. The van der Waals surface area contributed by atoms with E-state index in [9.17, 15) is 10.1 Å². The lowest BCUT2D eigenvalue weighted by molar-refractivity contribution is -0.112. The van der Waals surface area contributed by atoms with Gasteiger partial charge in [-0.1, -0.05) is 36.2 Å². The summed E-state index contributed by atoms with van der Waals surface area (Å²) in [5, 5.41) is 12.4. The van der Waals surface area contributed by atoms with E-state index in [0.29, 0.717) is 34.4 Å². The molecule has 140 valence electrons. The van der Waals surface area contributed by atoms with Crippen molar-refractivity contribution in [1.29, 1.82) is 5.26 Å². The monoisotopic (exact) mass is 384 g/mol. The first-order valence-corrected chi connectivity index (χ1v) is 8.86.